The Morgan fingerprint density at radius 1 is 1.17 bits per heavy atom. The monoisotopic (exact) mass is 483 g/mol. The lowest BCUT2D eigenvalue weighted by molar-refractivity contribution is -0.135. The van der Waals surface area contributed by atoms with Gasteiger partial charge in [-0.15, -0.1) is 0 Å². The van der Waals surface area contributed by atoms with Crippen molar-refractivity contribution in [2.75, 3.05) is 11.1 Å². The summed E-state index contributed by atoms with van der Waals surface area (Å²) in [6, 6.07) is 3.60. The zero-order valence-corrected chi connectivity index (χ0v) is 18.8. The topological polar surface area (TPSA) is 137 Å². The molecule has 5 heterocycles. The predicted molar refractivity (Wildman–Crippen MR) is 119 cm³/mol. The van der Waals surface area contributed by atoms with E-state index < -0.39 is 18.0 Å². The van der Waals surface area contributed by atoms with E-state index in [-0.39, 0.29) is 41.9 Å². The van der Waals surface area contributed by atoms with Crippen molar-refractivity contribution in [1.29, 1.82) is 0 Å². The fourth-order valence-corrected chi connectivity index (χ4v) is 4.15. The van der Waals surface area contributed by atoms with Gasteiger partial charge in [0.05, 0.1) is 23.1 Å². The zero-order chi connectivity index (χ0) is 25.0. The van der Waals surface area contributed by atoms with E-state index in [9.17, 15) is 18.0 Å². The first kappa shape index (κ1) is 22.6. The van der Waals surface area contributed by atoms with Crippen LogP contribution in [0.5, 0.6) is 0 Å². The normalized spacial score (nSPS) is 17.6. The molecule has 1 unspecified atom stereocenters. The number of alkyl halides is 3. The number of nitrogen functional groups attached to an aromatic ring is 1. The fourth-order valence-electron chi connectivity index (χ4n) is 4.15. The molecular formula is C22H20F3N9O. The Morgan fingerprint density at radius 2 is 1.97 bits per heavy atom. The number of carbonyl (C=O) groups is 1. The Balaban J connectivity index is 1.56. The van der Waals surface area contributed by atoms with E-state index in [2.05, 4.69) is 35.3 Å². The van der Waals surface area contributed by atoms with Crippen LogP contribution >= 0.6 is 0 Å². The number of aryl methyl sites for hydroxylation is 2. The first-order valence-corrected chi connectivity index (χ1v) is 10.8. The number of hydrogen-bond donors (Lipinski definition) is 2. The average Bonchev–Trinajstić information content (AvgIpc) is 3.36. The molecule has 0 saturated carbocycles. The molecule has 0 saturated heterocycles. The molecule has 4 aromatic heterocycles. The maximum Gasteiger partial charge on any atom is 0.389 e. The number of hydrogen-bond acceptors (Lipinski definition) is 8. The molecule has 3 N–H and O–H groups in total. The number of fused-ring (bicyclic) bond motifs is 2. The summed E-state index contributed by atoms with van der Waals surface area (Å²) in [5, 5.41) is 6.83. The van der Waals surface area contributed by atoms with E-state index >= 15 is 0 Å². The average molecular weight is 483 g/mol. The minimum absolute atomic E-state index is 0.0316. The fraction of sp³-hybridized carbons (Fsp3) is 0.318. The number of nitrogens with two attached hydrogens (primary N) is 1. The minimum Gasteiger partial charge on any atom is -0.383 e. The van der Waals surface area contributed by atoms with Gasteiger partial charge in [-0.05, 0) is 38.3 Å². The molecule has 5 rings (SSSR count). The molecule has 180 valence electrons. The van der Waals surface area contributed by atoms with Crippen LogP contribution in [-0.4, -0.2) is 46.6 Å². The molecule has 0 aromatic carbocycles. The molecule has 0 bridgehead atoms. The van der Waals surface area contributed by atoms with Gasteiger partial charge in [0.2, 0.25) is 5.91 Å². The quantitative estimate of drug-likeness (QED) is 0.442. The summed E-state index contributed by atoms with van der Waals surface area (Å²) >= 11 is 0. The highest BCUT2D eigenvalue weighted by atomic mass is 19.4. The van der Waals surface area contributed by atoms with Crippen molar-refractivity contribution in [3.05, 3.63) is 53.4 Å². The van der Waals surface area contributed by atoms with E-state index in [0.29, 0.717) is 22.6 Å². The van der Waals surface area contributed by atoms with Gasteiger partial charge in [-0.3, -0.25) is 9.78 Å². The molecule has 10 nitrogen and oxygen atoms in total. The third-order valence-electron chi connectivity index (χ3n) is 5.98. The van der Waals surface area contributed by atoms with Gasteiger partial charge >= 0.3 is 6.18 Å². The summed E-state index contributed by atoms with van der Waals surface area (Å²) in [5.74, 6) is 0.0282. The molecule has 1 amide bonds. The van der Waals surface area contributed by atoms with Crippen LogP contribution in [0.4, 0.5) is 24.8 Å². The van der Waals surface area contributed by atoms with Crippen molar-refractivity contribution in [3.8, 4) is 11.5 Å². The Hall–Kier alpha value is -4.16. The lowest BCUT2D eigenvalue weighted by Crippen LogP contribution is -2.33. The van der Waals surface area contributed by atoms with Gasteiger partial charge in [0, 0.05) is 12.6 Å². The SMILES string of the molecule is Cc1ccc(C2(C)C(=O)Nc3nc(-c4cn5ncnc5c(CCCC(F)(F)F)n4)nc(N)c32)nc1. The summed E-state index contributed by atoms with van der Waals surface area (Å²) in [4.78, 5) is 34.8. The molecule has 13 heteroatoms. The molecule has 1 atom stereocenters. The van der Waals surface area contributed by atoms with Crippen molar-refractivity contribution in [1.82, 2.24) is 34.5 Å². The number of anilines is 2. The molecule has 1 aliphatic heterocycles. The van der Waals surface area contributed by atoms with Gasteiger partial charge in [-0.1, -0.05) is 6.07 Å². The van der Waals surface area contributed by atoms with Crippen LogP contribution in [0.3, 0.4) is 0 Å². The lowest BCUT2D eigenvalue weighted by Gasteiger charge is -2.22. The number of nitrogens with one attached hydrogen (secondary N) is 1. The number of rotatable bonds is 5. The van der Waals surface area contributed by atoms with Gasteiger partial charge in [0.1, 0.15) is 29.1 Å². The molecule has 0 spiro atoms. The minimum atomic E-state index is -4.27. The first-order valence-electron chi connectivity index (χ1n) is 10.8. The van der Waals surface area contributed by atoms with Crippen LogP contribution in [0.1, 0.15) is 42.3 Å². The Bertz CT molecular complexity index is 1450. The Morgan fingerprint density at radius 3 is 2.69 bits per heavy atom. The zero-order valence-electron chi connectivity index (χ0n) is 18.8. The van der Waals surface area contributed by atoms with E-state index in [1.165, 1.54) is 17.0 Å². The number of aromatic nitrogens is 7. The van der Waals surface area contributed by atoms with Crippen molar-refractivity contribution in [2.24, 2.45) is 0 Å². The third kappa shape index (κ3) is 3.92. The second-order valence-electron chi connectivity index (χ2n) is 8.53. The smallest absolute Gasteiger partial charge is 0.383 e. The highest BCUT2D eigenvalue weighted by molar-refractivity contribution is 6.08. The van der Waals surface area contributed by atoms with Crippen LogP contribution in [0, 0.1) is 6.92 Å². The largest absolute Gasteiger partial charge is 0.389 e. The van der Waals surface area contributed by atoms with Crippen LogP contribution in [0.15, 0.2) is 30.9 Å². The summed E-state index contributed by atoms with van der Waals surface area (Å²) in [7, 11) is 0. The highest BCUT2D eigenvalue weighted by Gasteiger charge is 2.48. The molecule has 4 aromatic rings. The molecule has 35 heavy (non-hydrogen) atoms. The summed E-state index contributed by atoms with van der Waals surface area (Å²) in [6.07, 6.45) is -0.887. The number of carbonyl (C=O) groups excluding carboxylic acids is 1. The Labute approximate surface area is 196 Å². The van der Waals surface area contributed by atoms with E-state index in [4.69, 9.17) is 5.73 Å². The van der Waals surface area contributed by atoms with Crippen molar-refractivity contribution >= 4 is 23.2 Å². The lowest BCUT2D eigenvalue weighted by atomic mass is 9.80. The van der Waals surface area contributed by atoms with E-state index in [0.717, 1.165) is 5.56 Å². The van der Waals surface area contributed by atoms with Gasteiger partial charge in [-0.25, -0.2) is 24.5 Å². The third-order valence-corrected chi connectivity index (χ3v) is 5.98. The van der Waals surface area contributed by atoms with Gasteiger partial charge in [0.15, 0.2) is 11.5 Å². The number of halogens is 3. The van der Waals surface area contributed by atoms with Crippen molar-refractivity contribution in [3.63, 3.8) is 0 Å². The van der Waals surface area contributed by atoms with Crippen molar-refractivity contribution in [2.45, 2.75) is 44.7 Å². The van der Waals surface area contributed by atoms with Gasteiger partial charge in [0.25, 0.3) is 0 Å². The van der Waals surface area contributed by atoms with Crippen molar-refractivity contribution < 1.29 is 18.0 Å². The van der Waals surface area contributed by atoms with Crippen LogP contribution in [0.2, 0.25) is 0 Å². The number of nitrogens with zero attached hydrogens (tertiary/aromatic N) is 7. The first-order chi connectivity index (χ1) is 16.6. The number of amides is 1. The maximum atomic E-state index is 13.0. The second kappa shape index (κ2) is 7.96. The summed E-state index contributed by atoms with van der Waals surface area (Å²) in [5.41, 5.74) is 7.85. The molecular weight excluding hydrogens is 463 g/mol. The van der Waals surface area contributed by atoms with Crippen LogP contribution < -0.4 is 11.1 Å². The molecule has 1 aliphatic rings. The van der Waals surface area contributed by atoms with E-state index in [1.807, 2.05) is 13.0 Å². The van der Waals surface area contributed by atoms with Crippen LogP contribution in [0.25, 0.3) is 17.2 Å². The molecule has 0 radical (unpaired) electrons. The van der Waals surface area contributed by atoms with E-state index in [1.54, 1.807) is 19.2 Å². The van der Waals surface area contributed by atoms with Gasteiger partial charge in [-0.2, -0.15) is 18.3 Å². The number of pyridine rings is 1. The standard InChI is InChI=1S/C22H20F3N9O/c1-11-5-6-14(27-8-11)21(2)15-16(26)31-17(32-18(15)33-20(21)35)13-9-34-19(28-10-29-34)12(30-13)4-3-7-22(23,24)25/h5-6,8-10H,3-4,7H2,1-2H3,(H3,26,31,32,33,35). The molecule has 0 fully saturated rings. The molecule has 0 aliphatic carbocycles. The highest BCUT2D eigenvalue weighted by Crippen LogP contribution is 2.44. The summed E-state index contributed by atoms with van der Waals surface area (Å²) < 4.78 is 39.3. The summed E-state index contributed by atoms with van der Waals surface area (Å²) in [6.45, 7) is 3.59. The Kier molecular flexibility index (Phi) is 5.15. The second-order valence-corrected chi connectivity index (χ2v) is 8.53. The van der Waals surface area contributed by atoms with Gasteiger partial charge < -0.3 is 11.1 Å². The predicted octanol–water partition coefficient (Wildman–Crippen LogP) is 3.01. The maximum absolute atomic E-state index is 13.0. The van der Waals surface area contributed by atoms with Crippen LogP contribution in [-0.2, 0) is 16.6 Å².